The highest BCUT2D eigenvalue weighted by Crippen LogP contribution is 2.36. The maximum atomic E-state index is 6.29. The average molecular weight is 391 g/mol. The van der Waals surface area contributed by atoms with Crippen LogP contribution in [0.1, 0.15) is 0 Å². The lowest BCUT2D eigenvalue weighted by Crippen LogP contribution is -1.93. The van der Waals surface area contributed by atoms with Crippen LogP contribution >= 0.6 is 0 Å². The summed E-state index contributed by atoms with van der Waals surface area (Å²) in [5, 5.41) is 0. The van der Waals surface area contributed by atoms with Gasteiger partial charge in [0.2, 0.25) is 0 Å². The summed E-state index contributed by atoms with van der Waals surface area (Å²) in [5.74, 6) is 0. The smallest absolute Gasteiger partial charge is 0.200 e. The molecule has 142 valence electrons. The summed E-state index contributed by atoms with van der Waals surface area (Å²) in [4.78, 5) is 13.2. The van der Waals surface area contributed by atoms with E-state index in [2.05, 4.69) is 4.98 Å². The molecular weight excluding hydrogens is 378 g/mol. The van der Waals surface area contributed by atoms with Crippen LogP contribution < -0.4 is 0 Å². The van der Waals surface area contributed by atoms with Gasteiger partial charge in [-0.15, -0.1) is 0 Å². The van der Waals surface area contributed by atoms with Crippen molar-refractivity contribution in [1.29, 1.82) is 0 Å². The Kier molecular flexibility index (Phi) is 2.91. The second-order valence-corrected chi connectivity index (χ2v) is 7.15. The van der Waals surface area contributed by atoms with E-state index in [9.17, 15) is 0 Å². The molecule has 0 spiro atoms. The molecule has 7 aromatic rings. The van der Waals surface area contributed by atoms with Gasteiger partial charge in [0.25, 0.3) is 0 Å². The molecule has 0 atom stereocenters. The van der Waals surface area contributed by atoms with Crippen molar-refractivity contribution in [2.45, 2.75) is 0 Å². The van der Waals surface area contributed by atoms with Gasteiger partial charge >= 0.3 is 0 Å². The molecule has 6 heteroatoms. The van der Waals surface area contributed by atoms with E-state index in [0.717, 1.165) is 16.6 Å². The standard InChI is InChI=1S/C24H13N3O3/c1-4-10-16-13(7-1)25-19-20-23(29-17-11-5-2-8-14(17)26-20)24-21(22(19)28-16)27-15-9-3-6-12-18(15)30-24/h1-12,27H. The van der Waals surface area contributed by atoms with E-state index in [1.54, 1.807) is 0 Å². The molecular formula is C24H13N3O3. The minimum Gasteiger partial charge on any atom is -0.450 e. The third-order valence-electron chi connectivity index (χ3n) is 5.29. The van der Waals surface area contributed by atoms with Crippen LogP contribution in [0.15, 0.2) is 86.0 Å². The molecule has 0 fully saturated rings. The van der Waals surface area contributed by atoms with Crippen molar-refractivity contribution < 1.29 is 13.3 Å². The number of aromatic amines is 1. The van der Waals surface area contributed by atoms with Gasteiger partial charge in [0.1, 0.15) is 27.6 Å². The Hall–Kier alpha value is -4.32. The van der Waals surface area contributed by atoms with Crippen molar-refractivity contribution in [2.24, 2.45) is 0 Å². The Morgan fingerprint density at radius 2 is 1.07 bits per heavy atom. The van der Waals surface area contributed by atoms with Gasteiger partial charge < -0.3 is 18.2 Å². The van der Waals surface area contributed by atoms with Crippen molar-refractivity contribution in [3.05, 3.63) is 72.8 Å². The third kappa shape index (κ3) is 2.07. The van der Waals surface area contributed by atoms with Gasteiger partial charge in [-0.25, -0.2) is 9.97 Å². The fraction of sp³-hybridized carbons (Fsp3) is 0. The van der Waals surface area contributed by atoms with Crippen LogP contribution in [-0.4, -0.2) is 15.0 Å². The number of hydrogen-bond acceptors (Lipinski definition) is 5. The minimum atomic E-state index is 0.524. The maximum absolute atomic E-state index is 6.29. The quantitative estimate of drug-likeness (QED) is 0.232. The number of fused-ring (bicyclic) bond motifs is 9. The normalized spacial score (nSPS) is 12.0. The SMILES string of the molecule is c1ccc2oc3c(nc2c1)c1nc2ccccc2oc1c1oc2ccccc2[nH]c31. The van der Waals surface area contributed by atoms with Gasteiger partial charge in [-0.05, 0) is 36.4 Å². The van der Waals surface area contributed by atoms with Crippen LogP contribution in [-0.2, 0) is 0 Å². The highest BCUT2D eigenvalue weighted by molar-refractivity contribution is 6.18. The van der Waals surface area contributed by atoms with Crippen molar-refractivity contribution in [3.8, 4) is 0 Å². The van der Waals surface area contributed by atoms with Crippen LogP contribution in [0.5, 0.6) is 0 Å². The molecule has 1 N–H and O–H groups in total. The highest BCUT2D eigenvalue weighted by Gasteiger charge is 2.20. The number of para-hydroxylation sites is 6. The van der Waals surface area contributed by atoms with Gasteiger partial charge in [0, 0.05) is 0 Å². The lowest BCUT2D eigenvalue weighted by molar-refractivity contribution is 0.616. The lowest BCUT2D eigenvalue weighted by atomic mass is 10.2. The molecule has 7 rings (SSSR count). The number of hydrogen-bond donors (Lipinski definition) is 1. The van der Waals surface area contributed by atoms with Crippen molar-refractivity contribution in [3.63, 3.8) is 0 Å². The summed E-state index contributed by atoms with van der Waals surface area (Å²) in [6.45, 7) is 0. The predicted molar refractivity (Wildman–Crippen MR) is 116 cm³/mol. The Morgan fingerprint density at radius 3 is 1.80 bits per heavy atom. The van der Waals surface area contributed by atoms with E-state index in [1.165, 1.54) is 0 Å². The number of benzene rings is 4. The van der Waals surface area contributed by atoms with Gasteiger partial charge in [0.05, 0.1) is 5.52 Å². The van der Waals surface area contributed by atoms with E-state index in [1.807, 2.05) is 72.8 Å². The molecule has 6 nitrogen and oxygen atoms in total. The van der Waals surface area contributed by atoms with Crippen molar-refractivity contribution in [2.75, 3.05) is 0 Å². The monoisotopic (exact) mass is 391 g/mol. The first-order valence-corrected chi connectivity index (χ1v) is 9.60. The van der Waals surface area contributed by atoms with Gasteiger partial charge in [-0.3, -0.25) is 0 Å². The number of aromatic nitrogens is 3. The zero-order chi connectivity index (χ0) is 19.7. The Labute approximate surface area is 168 Å². The Bertz CT molecular complexity index is 1440. The zero-order valence-corrected chi connectivity index (χ0v) is 15.5. The second-order valence-electron chi connectivity index (χ2n) is 7.15. The molecule has 4 aromatic carbocycles. The van der Waals surface area contributed by atoms with E-state index >= 15 is 0 Å². The molecule has 3 heterocycles. The first kappa shape index (κ1) is 15.6. The van der Waals surface area contributed by atoms with E-state index in [4.69, 9.17) is 23.2 Å². The molecule has 3 aromatic heterocycles. The number of H-pyrrole nitrogens is 1. The number of nitrogens with zero attached hydrogens (tertiary/aromatic N) is 2. The molecule has 0 unspecified atom stereocenters. The van der Waals surface area contributed by atoms with Gasteiger partial charge in [-0.2, -0.15) is 0 Å². The molecule has 0 bridgehead atoms. The predicted octanol–water partition coefficient (Wildman–Crippen LogP) is 6.63. The number of rotatable bonds is 0. The largest absolute Gasteiger partial charge is 0.450 e. The topological polar surface area (TPSA) is 81.0 Å². The summed E-state index contributed by atoms with van der Waals surface area (Å²) in [6, 6.07) is 23.1. The summed E-state index contributed by atoms with van der Waals surface area (Å²) in [7, 11) is 0. The summed E-state index contributed by atoms with van der Waals surface area (Å²) >= 11 is 0. The molecule has 0 aliphatic carbocycles. The highest BCUT2D eigenvalue weighted by atomic mass is 16.4. The van der Waals surface area contributed by atoms with Crippen LogP contribution in [0.4, 0.5) is 0 Å². The Balaban J connectivity index is 1.82. The average Bonchev–Trinajstić information content (AvgIpc) is 2.81. The minimum absolute atomic E-state index is 0.524. The van der Waals surface area contributed by atoms with E-state index in [-0.39, 0.29) is 0 Å². The molecule has 0 aliphatic heterocycles. The zero-order valence-electron chi connectivity index (χ0n) is 15.5. The maximum Gasteiger partial charge on any atom is 0.200 e. The molecule has 0 saturated heterocycles. The number of nitrogens with one attached hydrogen (secondary N) is 1. The van der Waals surface area contributed by atoms with Crippen molar-refractivity contribution >= 4 is 66.6 Å². The van der Waals surface area contributed by atoms with Crippen molar-refractivity contribution in [1.82, 2.24) is 15.0 Å². The lowest BCUT2D eigenvalue weighted by Gasteiger charge is -2.10. The molecule has 30 heavy (non-hydrogen) atoms. The van der Waals surface area contributed by atoms with E-state index < -0.39 is 0 Å². The molecule has 0 amide bonds. The summed E-state index contributed by atoms with van der Waals surface area (Å²) in [5.41, 5.74) is 7.93. The molecule has 0 radical (unpaired) electrons. The van der Waals surface area contributed by atoms with Crippen LogP contribution in [0, 0.1) is 0 Å². The van der Waals surface area contributed by atoms with Crippen LogP contribution in [0.3, 0.4) is 0 Å². The van der Waals surface area contributed by atoms with Gasteiger partial charge in [-0.1, -0.05) is 36.4 Å². The summed E-state index contributed by atoms with van der Waals surface area (Å²) < 4.78 is 18.8. The van der Waals surface area contributed by atoms with Crippen LogP contribution in [0.25, 0.3) is 66.6 Å². The summed E-state index contributed by atoms with van der Waals surface area (Å²) in [6.07, 6.45) is 0. The second kappa shape index (κ2) is 5.61. The molecule has 0 aliphatic rings. The molecule has 0 saturated carbocycles. The first-order chi connectivity index (χ1) is 14.8. The fourth-order valence-corrected chi connectivity index (χ4v) is 3.91. The third-order valence-corrected chi connectivity index (χ3v) is 5.29. The van der Waals surface area contributed by atoms with Crippen LogP contribution in [0.2, 0.25) is 0 Å². The first-order valence-electron chi connectivity index (χ1n) is 9.60. The van der Waals surface area contributed by atoms with Gasteiger partial charge in [0.15, 0.2) is 33.5 Å². The van der Waals surface area contributed by atoms with E-state index in [0.29, 0.717) is 50.0 Å². The fourth-order valence-electron chi connectivity index (χ4n) is 3.91. The Morgan fingerprint density at radius 1 is 0.533 bits per heavy atom.